The van der Waals surface area contributed by atoms with Crippen molar-refractivity contribution in [2.45, 2.75) is 0 Å². The maximum absolute atomic E-state index is 13.8. The van der Waals surface area contributed by atoms with Crippen molar-refractivity contribution in [3.63, 3.8) is 0 Å². The molecule has 5 heteroatoms. The van der Waals surface area contributed by atoms with E-state index in [0.29, 0.717) is 5.69 Å². The van der Waals surface area contributed by atoms with Gasteiger partial charge < -0.3 is 5.32 Å². The molecule has 82 valence electrons. The number of nitrogens with zero attached hydrogens (tertiary/aromatic N) is 2. The Morgan fingerprint density at radius 2 is 1.81 bits per heavy atom. The van der Waals surface area contributed by atoms with Crippen LogP contribution in [0.15, 0.2) is 30.6 Å². The summed E-state index contributed by atoms with van der Waals surface area (Å²) in [6, 6.07) is 4.82. The van der Waals surface area contributed by atoms with Crippen molar-refractivity contribution in [1.82, 2.24) is 9.97 Å². The first kappa shape index (κ1) is 10.5. The fourth-order valence-electron chi connectivity index (χ4n) is 1.35. The SMILES string of the molecule is CNc1cccc(-c2ncc(F)cn2)c1F. The van der Waals surface area contributed by atoms with Gasteiger partial charge in [0.1, 0.15) is 0 Å². The molecule has 0 saturated carbocycles. The molecule has 0 fully saturated rings. The molecule has 3 nitrogen and oxygen atoms in total. The molecule has 0 radical (unpaired) electrons. The van der Waals surface area contributed by atoms with Gasteiger partial charge in [-0.25, -0.2) is 18.7 Å². The molecular formula is C11H9F2N3. The van der Waals surface area contributed by atoms with Gasteiger partial charge in [0.25, 0.3) is 0 Å². The molecule has 2 rings (SSSR count). The second-order valence-electron chi connectivity index (χ2n) is 3.14. The quantitative estimate of drug-likeness (QED) is 0.846. The molecule has 1 heterocycles. The van der Waals surface area contributed by atoms with Gasteiger partial charge in [-0.2, -0.15) is 0 Å². The number of hydrogen-bond acceptors (Lipinski definition) is 3. The van der Waals surface area contributed by atoms with Gasteiger partial charge >= 0.3 is 0 Å². The Morgan fingerprint density at radius 1 is 1.12 bits per heavy atom. The lowest BCUT2D eigenvalue weighted by Crippen LogP contribution is -1.97. The second-order valence-corrected chi connectivity index (χ2v) is 3.14. The van der Waals surface area contributed by atoms with E-state index >= 15 is 0 Å². The smallest absolute Gasteiger partial charge is 0.162 e. The lowest BCUT2D eigenvalue weighted by molar-refractivity contribution is 0.611. The maximum Gasteiger partial charge on any atom is 0.162 e. The summed E-state index contributed by atoms with van der Waals surface area (Å²) in [7, 11) is 1.62. The van der Waals surface area contributed by atoms with Gasteiger partial charge in [-0.3, -0.25) is 0 Å². The molecule has 1 N–H and O–H groups in total. The Kier molecular flexibility index (Phi) is 2.76. The van der Waals surface area contributed by atoms with E-state index in [-0.39, 0.29) is 11.4 Å². The monoisotopic (exact) mass is 221 g/mol. The van der Waals surface area contributed by atoms with Gasteiger partial charge in [0, 0.05) is 7.05 Å². The number of anilines is 1. The topological polar surface area (TPSA) is 37.8 Å². The number of benzene rings is 1. The van der Waals surface area contributed by atoms with Gasteiger partial charge in [-0.1, -0.05) is 6.07 Å². The Balaban J connectivity index is 2.51. The van der Waals surface area contributed by atoms with Crippen molar-refractivity contribution in [3.05, 3.63) is 42.2 Å². The van der Waals surface area contributed by atoms with E-state index in [4.69, 9.17) is 0 Å². The van der Waals surface area contributed by atoms with Gasteiger partial charge in [-0.05, 0) is 12.1 Å². The summed E-state index contributed by atoms with van der Waals surface area (Å²) in [5.74, 6) is -0.832. The first-order valence-corrected chi connectivity index (χ1v) is 4.66. The maximum atomic E-state index is 13.8. The minimum Gasteiger partial charge on any atom is -0.386 e. The van der Waals surface area contributed by atoms with Crippen LogP contribution in [-0.4, -0.2) is 17.0 Å². The number of hydrogen-bond donors (Lipinski definition) is 1. The number of rotatable bonds is 2. The Morgan fingerprint density at radius 3 is 2.44 bits per heavy atom. The Hall–Kier alpha value is -2.04. The van der Waals surface area contributed by atoms with Crippen molar-refractivity contribution >= 4 is 5.69 Å². The Labute approximate surface area is 91.2 Å². The van der Waals surface area contributed by atoms with Crippen molar-refractivity contribution < 1.29 is 8.78 Å². The molecule has 2 aromatic rings. The molecule has 16 heavy (non-hydrogen) atoms. The standard InChI is InChI=1S/C11H9F2N3/c1-14-9-4-2-3-8(10(9)13)11-15-5-7(12)6-16-11/h2-6,14H,1H3. The third-order valence-electron chi connectivity index (χ3n) is 2.13. The second kappa shape index (κ2) is 4.22. The Bertz CT molecular complexity index is 497. The van der Waals surface area contributed by atoms with Gasteiger partial charge in [0.05, 0.1) is 23.6 Å². The molecule has 0 aliphatic rings. The van der Waals surface area contributed by atoms with Crippen molar-refractivity contribution in [1.29, 1.82) is 0 Å². The zero-order valence-electron chi connectivity index (χ0n) is 8.54. The van der Waals surface area contributed by atoms with E-state index in [1.54, 1.807) is 25.2 Å². The molecule has 1 aromatic carbocycles. The number of nitrogens with one attached hydrogen (secondary N) is 1. The highest BCUT2D eigenvalue weighted by Crippen LogP contribution is 2.24. The largest absolute Gasteiger partial charge is 0.386 e. The summed E-state index contributed by atoms with van der Waals surface area (Å²) in [5, 5.41) is 2.71. The van der Waals surface area contributed by atoms with Crippen LogP contribution in [0.1, 0.15) is 0 Å². The van der Waals surface area contributed by atoms with E-state index < -0.39 is 11.6 Å². The van der Waals surface area contributed by atoms with E-state index in [0.717, 1.165) is 12.4 Å². The highest BCUT2D eigenvalue weighted by Gasteiger charge is 2.10. The van der Waals surface area contributed by atoms with Gasteiger partial charge in [-0.15, -0.1) is 0 Å². The lowest BCUT2D eigenvalue weighted by Gasteiger charge is -2.06. The molecule has 0 aliphatic heterocycles. The summed E-state index contributed by atoms with van der Waals surface area (Å²) in [5.41, 5.74) is 0.595. The van der Waals surface area contributed by atoms with Crippen LogP contribution in [0.3, 0.4) is 0 Å². The normalized spacial score (nSPS) is 10.2. The summed E-state index contributed by atoms with van der Waals surface area (Å²) in [4.78, 5) is 7.46. The highest BCUT2D eigenvalue weighted by molar-refractivity contribution is 5.63. The van der Waals surface area contributed by atoms with Crippen LogP contribution in [-0.2, 0) is 0 Å². The first-order valence-electron chi connectivity index (χ1n) is 4.66. The minimum atomic E-state index is -0.547. The average Bonchev–Trinajstić information content (AvgIpc) is 2.31. The summed E-state index contributed by atoms with van der Waals surface area (Å²) in [6.07, 6.45) is 2.02. The molecule has 0 saturated heterocycles. The van der Waals surface area contributed by atoms with Crippen LogP contribution in [0, 0.1) is 11.6 Å². The third kappa shape index (κ3) is 1.84. The van der Waals surface area contributed by atoms with Crippen molar-refractivity contribution in [3.8, 4) is 11.4 Å². The molecule has 0 aliphatic carbocycles. The molecular weight excluding hydrogens is 212 g/mol. The molecule has 0 atom stereocenters. The lowest BCUT2D eigenvalue weighted by atomic mass is 10.1. The average molecular weight is 221 g/mol. The zero-order chi connectivity index (χ0) is 11.5. The van der Waals surface area contributed by atoms with Crippen LogP contribution >= 0.6 is 0 Å². The van der Waals surface area contributed by atoms with Crippen LogP contribution < -0.4 is 5.32 Å². The molecule has 0 bridgehead atoms. The number of halogens is 2. The minimum absolute atomic E-state index is 0.163. The fourth-order valence-corrected chi connectivity index (χ4v) is 1.35. The summed E-state index contributed by atoms with van der Waals surface area (Å²) in [6.45, 7) is 0. The van der Waals surface area contributed by atoms with E-state index in [2.05, 4.69) is 15.3 Å². The molecule has 0 spiro atoms. The van der Waals surface area contributed by atoms with Crippen molar-refractivity contribution in [2.75, 3.05) is 12.4 Å². The van der Waals surface area contributed by atoms with Crippen LogP contribution in [0.2, 0.25) is 0 Å². The molecule has 1 aromatic heterocycles. The molecule has 0 unspecified atom stereocenters. The number of aromatic nitrogens is 2. The predicted molar refractivity (Wildman–Crippen MR) is 56.9 cm³/mol. The summed E-state index contributed by atoms with van der Waals surface area (Å²) >= 11 is 0. The highest BCUT2D eigenvalue weighted by atomic mass is 19.1. The van der Waals surface area contributed by atoms with Gasteiger partial charge in [0.2, 0.25) is 0 Å². The van der Waals surface area contributed by atoms with E-state index in [1.165, 1.54) is 0 Å². The first-order chi connectivity index (χ1) is 7.72. The van der Waals surface area contributed by atoms with Crippen LogP contribution in [0.4, 0.5) is 14.5 Å². The van der Waals surface area contributed by atoms with Crippen LogP contribution in [0.25, 0.3) is 11.4 Å². The van der Waals surface area contributed by atoms with Gasteiger partial charge in [0.15, 0.2) is 17.5 Å². The van der Waals surface area contributed by atoms with Crippen molar-refractivity contribution in [2.24, 2.45) is 0 Å². The summed E-state index contributed by atoms with van der Waals surface area (Å²) < 4.78 is 26.4. The molecule has 0 amide bonds. The third-order valence-corrected chi connectivity index (χ3v) is 2.13. The van der Waals surface area contributed by atoms with E-state index in [1.807, 2.05) is 0 Å². The zero-order valence-corrected chi connectivity index (χ0v) is 8.54. The predicted octanol–water partition coefficient (Wildman–Crippen LogP) is 2.46. The fraction of sp³-hybridized carbons (Fsp3) is 0.0909. The van der Waals surface area contributed by atoms with E-state index in [9.17, 15) is 8.78 Å². The van der Waals surface area contributed by atoms with Crippen LogP contribution in [0.5, 0.6) is 0 Å².